The summed E-state index contributed by atoms with van der Waals surface area (Å²) in [6.07, 6.45) is 2.55. The zero-order valence-electron chi connectivity index (χ0n) is 12.9. The van der Waals surface area contributed by atoms with Crippen LogP contribution in [0, 0.1) is 12.8 Å². The maximum Gasteiger partial charge on any atom is 0.251 e. The lowest BCUT2D eigenvalue weighted by Crippen LogP contribution is -2.45. The Labute approximate surface area is 122 Å². The quantitative estimate of drug-likeness (QED) is 0.915. The molecular weight excluding hydrogens is 248 g/mol. The van der Waals surface area contributed by atoms with E-state index in [9.17, 15) is 4.79 Å². The van der Waals surface area contributed by atoms with Crippen LogP contribution in [-0.2, 0) is 0 Å². The zero-order chi connectivity index (χ0) is 14.5. The van der Waals surface area contributed by atoms with Crippen LogP contribution in [0.3, 0.4) is 0 Å². The van der Waals surface area contributed by atoms with Gasteiger partial charge in [0.15, 0.2) is 0 Å². The molecule has 3 nitrogen and oxygen atoms in total. The van der Waals surface area contributed by atoms with E-state index in [0.29, 0.717) is 6.04 Å². The first kappa shape index (κ1) is 15.0. The molecular formula is C17H26N2O. The summed E-state index contributed by atoms with van der Waals surface area (Å²) in [6, 6.07) is 8.15. The van der Waals surface area contributed by atoms with Gasteiger partial charge in [-0.3, -0.25) is 9.69 Å². The Hall–Kier alpha value is -1.35. The molecule has 0 aliphatic carbocycles. The molecule has 1 N–H and O–H groups in total. The van der Waals surface area contributed by atoms with Gasteiger partial charge in [0.25, 0.3) is 5.91 Å². The van der Waals surface area contributed by atoms with Gasteiger partial charge >= 0.3 is 0 Å². The molecule has 1 aliphatic heterocycles. The highest BCUT2D eigenvalue weighted by Crippen LogP contribution is 2.17. The van der Waals surface area contributed by atoms with E-state index >= 15 is 0 Å². The maximum absolute atomic E-state index is 12.2. The SMILES string of the molecule is Cc1ccccc1C(=O)NCC(C)N1CCC(C)CC1. The molecule has 110 valence electrons. The second-order valence-corrected chi connectivity index (χ2v) is 6.09. The zero-order valence-corrected chi connectivity index (χ0v) is 12.9. The molecule has 0 spiro atoms. The van der Waals surface area contributed by atoms with Gasteiger partial charge in [0, 0.05) is 18.2 Å². The number of amides is 1. The van der Waals surface area contributed by atoms with Crippen LogP contribution < -0.4 is 5.32 Å². The Morgan fingerprint density at radius 3 is 2.65 bits per heavy atom. The fraction of sp³-hybridized carbons (Fsp3) is 0.588. The Balaban J connectivity index is 1.83. The van der Waals surface area contributed by atoms with Gasteiger partial charge in [0.1, 0.15) is 0 Å². The van der Waals surface area contributed by atoms with Gasteiger partial charge in [-0.05, 0) is 57.3 Å². The van der Waals surface area contributed by atoms with Crippen molar-refractivity contribution in [3.63, 3.8) is 0 Å². The molecule has 1 aliphatic rings. The molecule has 0 saturated carbocycles. The predicted octanol–water partition coefficient (Wildman–Crippen LogP) is 2.85. The fourth-order valence-electron chi connectivity index (χ4n) is 2.76. The highest BCUT2D eigenvalue weighted by atomic mass is 16.1. The lowest BCUT2D eigenvalue weighted by Gasteiger charge is -2.35. The molecule has 1 saturated heterocycles. The molecule has 1 amide bonds. The number of nitrogens with one attached hydrogen (secondary N) is 1. The molecule has 1 atom stereocenters. The van der Waals surface area contributed by atoms with E-state index in [4.69, 9.17) is 0 Å². The third-order valence-electron chi connectivity index (χ3n) is 4.39. The number of carbonyl (C=O) groups excluding carboxylic acids is 1. The number of likely N-dealkylation sites (tertiary alicyclic amines) is 1. The van der Waals surface area contributed by atoms with Crippen molar-refractivity contribution < 1.29 is 4.79 Å². The van der Waals surface area contributed by atoms with E-state index in [-0.39, 0.29) is 5.91 Å². The summed E-state index contributed by atoms with van der Waals surface area (Å²) in [5.74, 6) is 0.889. The number of hydrogen-bond donors (Lipinski definition) is 1. The number of benzene rings is 1. The second kappa shape index (κ2) is 6.89. The maximum atomic E-state index is 12.2. The van der Waals surface area contributed by atoms with Crippen LogP contribution in [0.5, 0.6) is 0 Å². The summed E-state index contributed by atoms with van der Waals surface area (Å²) in [4.78, 5) is 14.7. The summed E-state index contributed by atoms with van der Waals surface area (Å²) in [7, 11) is 0. The summed E-state index contributed by atoms with van der Waals surface area (Å²) >= 11 is 0. The molecule has 0 radical (unpaired) electrons. The third-order valence-corrected chi connectivity index (χ3v) is 4.39. The van der Waals surface area contributed by atoms with Gasteiger partial charge in [0.05, 0.1) is 0 Å². The van der Waals surface area contributed by atoms with E-state index < -0.39 is 0 Å². The first-order chi connectivity index (χ1) is 9.58. The average molecular weight is 274 g/mol. The normalized spacial score (nSPS) is 18.8. The standard InChI is InChI=1S/C17H26N2O/c1-13-8-10-19(11-9-13)15(3)12-18-17(20)16-7-5-4-6-14(16)2/h4-7,13,15H,8-12H2,1-3H3,(H,18,20). The largest absolute Gasteiger partial charge is 0.350 e. The molecule has 0 bridgehead atoms. The van der Waals surface area contributed by atoms with Crippen molar-refractivity contribution in [2.75, 3.05) is 19.6 Å². The average Bonchev–Trinajstić information content (AvgIpc) is 2.45. The van der Waals surface area contributed by atoms with Crippen molar-refractivity contribution in [3.8, 4) is 0 Å². The van der Waals surface area contributed by atoms with Crippen LogP contribution in [0.1, 0.15) is 42.6 Å². The van der Waals surface area contributed by atoms with E-state index in [1.165, 1.54) is 12.8 Å². The highest BCUT2D eigenvalue weighted by molar-refractivity contribution is 5.95. The molecule has 1 aromatic rings. The van der Waals surface area contributed by atoms with Crippen molar-refractivity contribution in [1.82, 2.24) is 10.2 Å². The molecule has 2 rings (SSSR count). The third kappa shape index (κ3) is 3.83. The van der Waals surface area contributed by atoms with Crippen LogP contribution >= 0.6 is 0 Å². The number of hydrogen-bond acceptors (Lipinski definition) is 2. The lowest BCUT2D eigenvalue weighted by atomic mass is 9.98. The minimum Gasteiger partial charge on any atom is -0.350 e. The topological polar surface area (TPSA) is 32.3 Å². The smallest absolute Gasteiger partial charge is 0.251 e. The van der Waals surface area contributed by atoms with Crippen molar-refractivity contribution in [3.05, 3.63) is 35.4 Å². The van der Waals surface area contributed by atoms with Crippen LogP contribution in [0.2, 0.25) is 0 Å². The molecule has 1 heterocycles. The predicted molar refractivity (Wildman–Crippen MR) is 82.9 cm³/mol. The molecule has 0 aromatic heterocycles. The molecule has 1 aromatic carbocycles. The summed E-state index contributed by atoms with van der Waals surface area (Å²) in [6.45, 7) is 9.53. The fourth-order valence-corrected chi connectivity index (χ4v) is 2.76. The Morgan fingerprint density at radius 1 is 1.35 bits per heavy atom. The summed E-state index contributed by atoms with van der Waals surface area (Å²) in [5.41, 5.74) is 1.82. The second-order valence-electron chi connectivity index (χ2n) is 6.09. The molecule has 3 heteroatoms. The minimum absolute atomic E-state index is 0.0420. The molecule has 20 heavy (non-hydrogen) atoms. The number of carbonyl (C=O) groups is 1. The Morgan fingerprint density at radius 2 is 2.00 bits per heavy atom. The molecule has 1 unspecified atom stereocenters. The van der Waals surface area contributed by atoms with Crippen LogP contribution in [0.25, 0.3) is 0 Å². The van der Waals surface area contributed by atoms with Gasteiger partial charge in [-0.15, -0.1) is 0 Å². The lowest BCUT2D eigenvalue weighted by molar-refractivity contribution is 0.0921. The summed E-state index contributed by atoms with van der Waals surface area (Å²) < 4.78 is 0. The van der Waals surface area contributed by atoms with Gasteiger partial charge < -0.3 is 5.32 Å². The first-order valence-electron chi connectivity index (χ1n) is 7.66. The summed E-state index contributed by atoms with van der Waals surface area (Å²) in [5, 5.41) is 3.07. The monoisotopic (exact) mass is 274 g/mol. The van der Waals surface area contributed by atoms with Crippen molar-refractivity contribution in [2.45, 2.75) is 39.7 Å². The van der Waals surface area contributed by atoms with E-state index in [1.807, 2.05) is 31.2 Å². The van der Waals surface area contributed by atoms with Crippen LogP contribution in [-0.4, -0.2) is 36.5 Å². The minimum atomic E-state index is 0.0420. The van der Waals surface area contributed by atoms with Crippen LogP contribution in [0.4, 0.5) is 0 Å². The van der Waals surface area contributed by atoms with E-state index in [2.05, 4.69) is 24.1 Å². The first-order valence-corrected chi connectivity index (χ1v) is 7.66. The number of aryl methyl sites for hydroxylation is 1. The number of rotatable bonds is 4. The van der Waals surface area contributed by atoms with Gasteiger partial charge in [0.2, 0.25) is 0 Å². The number of piperidine rings is 1. The Kier molecular flexibility index (Phi) is 5.18. The van der Waals surface area contributed by atoms with E-state index in [0.717, 1.165) is 36.7 Å². The van der Waals surface area contributed by atoms with Crippen molar-refractivity contribution >= 4 is 5.91 Å². The van der Waals surface area contributed by atoms with E-state index in [1.54, 1.807) is 0 Å². The Bertz CT molecular complexity index is 450. The molecule has 1 fully saturated rings. The van der Waals surface area contributed by atoms with Gasteiger partial charge in [-0.1, -0.05) is 25.1 Å². The highest BCUT2D eigenvalue weighted by Gasteiger charge is 2.20. The number of nitrogens with zero attached hydrogens (tertiary/aromatic N) is 1. The van der Waals surface area contributed by atoms with Gasteiger partial charge in [-0.25, -0.2) is 0 Å². The van der Waals surface area contributed by atoms with Crippen LogP contribution in [0.15, 0.2) is 24.3 Å². The van der Waals surface area contributed by atoms with Gasteiger partial charge in [-0.2, -0.15) is 0 Å². The van der Waals surface area contributed by atoms with Crippen molar-refractivity contribution in [1.29, 1.82) is 0 Å². The van der Waals surface area contributed by atoms with Crippen molar-refractivity contribution in [2.24, 2.45) is 5.92 Å².